The molecule has 1 heterocycles. The molecular weight excluding hydrogens is 279 g/mol. The molecule has 0 radical (unpaired) electrons. The monoisotopic (exact) mass is 293 g/mol. The second-order valence-electron chi connectivity index (χ2n) is 3.72. The summed E-state index contributed by atoms with van der Waals surface area (Å²) >= 11 is 0. The van der Waals surface area contributed by atoms with Gasteiger partial charge in [0.25, 0.3) is 0 Å². The van der Waals surface area contributed by atoms with E-state index in [-0.39, 0.29) is 36.5 Å². The van der Waals surface area contributed by atoms with Crippen LogP contribution >= 0.6 is 0 Å². The highest BCUT2D eigenvalue weighted by Gasteiger charge is 2.33. The zero-order valence-electron chi connectivity index (χ0n) is 10.7. The van der Waals surface area contributed by atoms with Gasteiger partial charge in [0.2, 0.25) is 5.88 Å². The van der Waals surface area contributed by atoms with Crippen molar-refractivity contribution in [2.24, 2.45) is 5.73 Å². The lowest BCUT2D eigenvalue weighted by molar-refractivity contribution is -0.276. The van der Waals surface area contributed by atoms with Gasteiger partial charge < -0.3 is 20.9 Å². The standard InChI is InChI=1S/C11H14F3N3O3/c1-2-19-9(18)4-8-7(16)3-6(5-15)10(17-8)20-11(12,13)14/h3H,2,4-5,15-16H2,1H3. The number of hydrogen-bond acceptors (Lipinski definition) is 6. The van der Waals surface area contributed by atoms with Gasteiger partial charge in [0, 0.05) is 12.1 Å². The number of nitrogens with two attached hydrogens (primary N) is 2. The van der Waals surface area contributed by atoms with E-state index in [0.29, 0.717) is 0 Å². The predicted molar refractivity (Wildman–Crippen MR) is 63.6 cm³/mol. The second-order valence-corrected chi connectivity index (χ2v) is 3.72. The number of aromatic nitrogens is 1. The normalized spacial score (nSPS) is 11.2. The van der Waals surface area contributed by atoms with Gasteiger partial charge in [0.1, 0.15) is 0 Å². The maximum Gasteiger partial charge on any atom is 0.574 e. The molecule has 0 unspecified atom stereocenters. The maximum absolute atomic E-state index is 12.2. The molecule has 0 fully saturated rings. The lowest BCUT2D eigenvalue weighted by Gasteiger charge is -2.14. The Morgan fingerprint density at radius 1 is 1.45 bits per heavy atom. The number of carbonyl (C=O) groups is 1. The minimum atomic E-state index is -4.91. The summed E-state index contributed by atoms with van der Waals surface area (Å²) in [7, 11) is 0. The summed E-state index contributed by atoms with van der Waals surface area (Å²) in [5.74, 6) is -1.36. The highest BCUT2D eigenvalue weighted by Crippen LogP contribution is 2.27. The Balaban J connectivity index is 3.07. The van der Waals surface area contributed by atoms with E-state index >= 15 is 0 Å². The average molecular weight is 293 g/mol. The molecule has 4 N–H and O–H groups in total. The smallest absolute Gasteiger partial charge is 0.466 e. The molecule has 0 bridgehead atoms. The van der Waals surface area contributed by atoms with Crippen LogP contribution in [0.3, 0.4) is 0 Å². The molecule has 1 aromatic heterocycles. The van der Waals surface area contributed by atoms with Gasteiger partial charge in [-0.2, -0.15) is 0 Å². The lowest BCUT2D eigenvalue weighted by Crippen LogP contribution is -2.21. The van der Waals surface area contributed by atoms with Gasteiger partial charge in [-0.05, 0) is 13.0 Å². The summed E-state index contributed by atoms with van der Waals surface area (Å²) in [5.41, 5.74) is 10.9. The zero-order valence-corrected chi connectivity index (χ0v) is 10.7. The molecule has 1 aromatic rings. The summed E-state index contributed by atoms with van der Waals surface area (Å²) in [4.78, 5) is 14.9. The van der Waals surface area contributed by atoms with Crippen LogP contribution in [0.15, 0.2) is 6.07 Å². The molecule has 0 amide bonds. The molecule has 6 nitrogen and oxygen atoms in total. The Morgan fingerprint density at radius 2 is 2.10 bits per heavy atom. The fourth-order valence-electron chi connectivity index (χ4n) is 1.43. The van der Waals surface area contributed by atoms with Gasteiger partial charge in [-0.3, -0.25) is 4.79 Å². The third-order valence-corrected chi connectivity index (χ3v) is 2.22. The Labute approximate surface area is 112 Å². The minimum absolute atomic E-state index is 0.00701. The topological polar surface area (TPSA) is 100 Å². The lowest BCUT2D eigenvalue weighted by atomic mass is 10.1. The van der Waals surface area contributed by atoms with Crippen molar-refractivity contribution in [1.82, 2.24) is 4.98 Å². The van der Waals surface area contributed by atoms with Crippen molar-refractivity contribution < 1.29 is 27.4 Å². The number of halogens is 3. The van der Waals surface area contributed by atoms with Gasteiger partial charge in [-0.1, -0.05) is 0 Å². The summed E-state index contributed by atoms with van der Waals surface area (Å²) in [5, 5.41) is 0. The van der Waals surface area contributed by atoms with Crippen LogP contribution in [-0.2, 0) is 22.5 Å². The van der Waals surface area contributed by atoms with Gasteiger partial charge >= 0.3 is 12.3 Å². The Bertz CT molecular complexity index is 492. The summed E-state index contributed by atoms with van der Waals surface area (Å²) < 4.78 is 45.2. The van der Waals surface area contributed by atoms with Gasteiger partial charge in [0.15, 0.2) is 0 Å². The molecular formula is C11H14F3N3O3. The number of ether oxygens (including phenoxy) is 2. The van der Waals surface area contributed by atoms with Crippen molar-refractivity contribution >= 4 is 11.7 Å². The van der Waals surface area contributed by atoms with E-state index in [4.69, 9.17) is 11.5 Å². The molecule has 0 aliphatic heterocycles. The number of nitrogens with zero attached hydrogens (tertiary/aromatic N) is 1. The molecule has 20 heavy (non-hydrogen) atoms. The molecule has 0 spiro atoms. The minimum Gasteiger partial charge on any atom is -0.466 e. The van der Waals surface area contributed by atoms with Crippen LogP contribution in [0, 0.1) is 0 Å². The molecule has 9 heteroatoms. The maximum atomic E-state index is 12.2. The molecule has 0 atom stereocenters. The Morgan fingerprint density at radius 3 is 2.60 bits per heavy atom. The van der Waals surface area contributed by atoms with Crippen molar-refractivity contribution in [3.63, 3.8) is 0 Å². The molecule has 112 valence electrons. The number of anilines is 1. The van der Waals surface area contributed by atoms with E-state index in [0.717, 1.165) is 0 Å². The third kappa shape index (κ3) is 4.57. The van der Waals surface area contributed by atoms with Gasteiger partial charge in [-0.25, -0.2) is 4.98 Å². The van der Waals surface area contributed by atoms with Crippen molar-refractivity contribution in [3.05, 3.63) is 17.3 Å². The van der Waals surface area contributed by atoms with E-state index in [2.05, 4.69) is 14.5 Å². The molecule has 0 aliphatic carbocycles. The number of nitrogen functional groups attached to an aromatic ring is 1. The van der Waals surface area contributed by atoms with E-state index in [9.17, 15) is 18.0 Å². The molecule has 0 saturated carbocycles. The largest absolute Gasteiger partial charge is 0.574 e. The Kier molecular flexibility index (Phi) is 5.14. The van der Waals surface area contributed by atoms with Crippen LogP contribution in [0.4, 0.5) is 18.9 Å². The number of esters is 1. The quantitative estimate of drug-likeness (QED) is 0.789. The third-order valence-electron chi connectivity index (χ3n) is 2.22. The van der Waals surface area contributed by atoms with E-state index in [1.165, 1.54) is 6.07 Å². The first kappa shape index (κ1) is 16.0. The molecule has 1 rings (SSSR count). The fourth-order valence-corrected chi connectivity index (χ4v) is 1.43. The highest BCUT2D eigenvalue weighted by atomic mass is 19.4. The van der Waals surface area contributed by atoms with Crippen LogP contribution in [0.5, 0.6) is 5.88 Å². The first-order valence-electron chi connectivity index (χ1n) is 5.66. The first-order valence-corrected chi connectivity index (χ1v) is 5.66. The highest BCUT2D eigenvalue weighted by molar-refractivity contribution is 5.74. The van der Waals surface area contributed by atoms with Crippen molar-refractivity contribution in [2.45, 2.75) is 26.3 Å². The number of pyridine rings is 1. The zero-order chi connectivity index (χ0) is 15.3. The van der Waals surface area contributed by atoms with Crippen LogP contribution in [0.2, 0.25) is 0 Å². The number of alkyl halides is 3. The van der Waals surface area contributed by atoms with E-state index in [1.54, 1.807) is 6.92 Å². The first-order chi connectivity index (χ1) is 9.26. The average Bonchev–Trinajstić information content (AvgIpc) is 2.31. The number of rotatable bonds is 5. The van der Waals surface area contributed by atoms with Crippen LogP contribution < -0.4 is 16.2 Å². The van der Waals surface area contributed by atoms with Crippen LogP contribution in [0.1, 0.15) is 18.2 Å². The molecule has 0 aliphatic rings. The van der Waals surface area contributed by atoms with Crippen LogP contribution in [-0.4, -0.2) is 23.9 Å². The molecule has 0 aromatic carbocycles. The van der Waals surface area contributed by atoms with Crippen molar-refractivity contribution in [3.8, 4) is 5.88 Å². The predicted octanol–water partition coefficient (Wildman–Crippen LogP) is 1.13. The summed E-state index contributed by atoms with van der Waals surface area (Å²) in [6.07, 6.45) is -5.26. The van der Waals surface area contributed by atoms with Gasteiger partial charge in [-0.15, -0.1) is 13.2 Å². The summed E-state index contributed by atoms with van der Waals surface area (Å²) in [6.45, 7) is 1.51. The number of hydrogen-bond donors (Lipinski definition) is 2. The van der Waals surface area contributed by atoms with Crippen LogP contribution in [0.25, 0.3) is 0 Å². The molecule has 0 saturated heterocycles. The van der Waals surface area contributed by atoms with Crippen molar-refractivity contribution in [2.75, 3.05) is 12.3 Å². The number of carbonyl (C=O) groups excluding carboxylic acids is 1. The SMILES string of the molecule is CCOC(=O)Cc1nc(OC(F)(F)F)c(CN)cc1N. The van der Waals surface area contributed by atoms with E-state index in [1.807, 2.05) is 0 Å². The Hall–Kier alpha value is -2.03. The van der Waals surface area contributed by atoms with E-state index < -0.39 is 18.2 Å². The van der Waals surface area contributed by atoms with Gasteiger partial charge in [0.05, 0.1) is 24.4 Å². The fraction of sp³-hybridized carbons (Fsp3) is 0.455. The van der Waals surface area contributed by atoms with Crippen molar-refractivity contribution in [1.29, 1.82) is 0 Å². The summed E-state index contributed by atoms with van der Waals surface area (Å²) in [6, 6.07) is 1.20. The second kappa shape index (κ2) is 6.42.